The van der Waals surface area contributed by atoms with Gasteiger partial charge in [0.05, 0.1) is 12.7 Å². The monoisotopic (exact) mass is 302 g/mol. The number of hydrogen-bond donors (Lipinski definition) is 4. The van der Waals surface area contributed by atoms with Crippen LogP contribution in [0.1, 0.15) is 25.7 Å². The van der Waals surface area contributed by atoms with Gasteiger partial charge in [-0.25, -0.2) is 9.97 Å². The van der Waals surface area contributed by atoms with Gasteiger partial charge in [-0.15, -0.1) is 0 Å². The van der Waals surface area contributed by atoms with Crippen LogP contribution in [-0.4, -0.2) is 32.0 Å². The molecule has 0 spiro atoms. The van der Waals surface area contributed by atoms with Gasteiger partial charge in [0.25, 0.3) is 11.1 Å². The number of aromatic amines is 2. The van der Waals surface area contributed by atoms with Crippen molar-refractivity contribution in [1.82, 2.24) is 19.9 Å². The second kappa shape index (κ2) is 6.42. The molecule has 1 aliphatic rings. The summed E-state index contributed by atoms with van der Waals surface area (Å²) >= 11 is 0. The number of anilines is 2. The highest BCUT2D eigenvalue weighted by Gasteiger charge is 2.25. The highest BCUT2D eigenvalue weighted by atomic mass is 16.1. The van der Waals surface area contributed by atoms with E-state index in [9.17, 15) is 9.59 Å². The Morgan fingerprint density at radius 3 is 1.73 bits per heavy atom. The summed E-state index contributed by atoms with van der Waals surface area (Å²) in [7, 11) is 0. The Hall–Kier alpha value is -2.64. The van der Waals surface area contributed by atoms with Crippen molar-refractivity contribution >= 4 is 11.6 Å². The zero-order valence-corrected chi connectivity index (χ0v) is 12.0. The molecular formula is C14H18N6O2. The second-order valence-corrected chi connectivity index (χ2v) is 5.38. The van der Waals surface area contributed by atoms with Gasteiger partial charge in [0, 0.05) is 24.2 Å². The minimum atomic E-state index is -0.186. The topological polar surface area (TPSA) is 116 Å². The summed E-state index contributed by atoms with van der Waals surface area (Å²) in [5.41, 5.74) is -0.372. The van der Waals surface area contributed by atoms with Gasteiger partial charge in [-0.05, 0) is 12.8 Å². The molecule has 2 aromatic rings. The zero-order chi connectivity index (χ0) is 15.4. The highest BCUT2D eigenvalue weighted by Crippen LogP contribution is 2.23. The van der Waals surface area contributed by atoms with E-state index in [0.29, 0.717) is 11.6 Å². The molecular weight excluding hydrogens is 284 g/mol. The molecule has 1 aliphatic carbocycles. The van der Waals surface area contributed by atoms with Crippen LogP contribution in [0.15, 0.2) is 34.4 Å². The quantitative estimate of drug-likeness (QED) is 0.660. The number of aromatic nitrogens is 4. The molecule has 3 rings (SSSR count). The lowest BCUT2D eigenvalue weighted by Gasteiger charge is -2.33. The molecule has 2 heterocycles. The Bertz CT molecular complexity index is 677. The highest BCUT2D eigenvalue weighted by molar-refractivity contribution is 5.38. The van der Waals surface area contributed by atoms with E-state index in [0.717, 1.165) is 25.7 Å². The van der Waals surface area contributed by atoms with Gasteiger partial charge in [-0.2, -0.15) is 0 Å². The van der Waals surface area contributed by atoms with E-state index < -0.39 is 0 Å². The van der Waals surface area contributed by atoms with Gasteiger partial charge in [-0.1, -0.05) is 12.8 Å². The van der Waals surface area contributed by atoms with Gasteiger partial charge < -0.3 is 20.6 Å². The van der Waals surface area contributed by atoms with E-state index in [1.54, 1.807) is 0 Å². The fraction of sp³-hybridized carbons (Fsp3) is 0.429. The molecule has 8 nitrogen and oxygen atoms in total. The smallest absolute Gasteiger partial charge is 0.252 e. The maximum atomic E-state index is 11.3. The Balaban J connectivity index is 1.73. The van der Waals surface area contributed by atoms with E-state index in [4.69, 9.17) is 0 Å². The first-order valence-electron chi connectivity index (χ1n) is 7.33. The summed E-state index contributed by atoms with van der Waals surface area (Å²) in [6.07, 6.45) is 6.93. The molecule has 2 aromatic heterocycles. The fourth-order valence-electron chi connectivity index (χ4n) is 2.75. The Labute approximate surface area is 126 Å². The van der Waals surface area contributed by atoms with Crippen LogP contribution < -0.4 is 21.8 Å². The predicted molar refractivity (Wildman–Crippen MR) is 83.0 cm³/mol. The molecule has 0 aromatic carbocycles. The third-order valence-electron chi connectivity index (χ3n) is 3.79. The van der Waals surface area contributed by atoms with E-state index in [1.807, 2.05) is 0 Å². The summed E-state index contributed by atoms with van der Waals surface area (Å²) < 4.78 is 0. The van der Waals surface area contributed by atoms with Crippen LogP contribution in [0.3, 0.4) is 0 Å². The molecule has 2 unspecified atom stereocenters. The summed E-state index contributed by atoms with van der Waals surface area (Å²) in [5.74, 6) is 1.11. The third kappa shape index (κ3) is 3.51. The minimum absolute atomic E-state index is 0.129. The molecule has 22 heavy (non-hydrogen) atoms. The molecule has 0 radical (unpaired) electrons. The van der Waals surface area contributed by atoms with Gasteiger partial charge in [0.1, 0.15) is 11.6 Å². The molecule has 4 N–H and O–H groups in total. The Morgan fingerprint density at radius 2 is 1.32 bits per heavy atom. The third-order valence-corrected chi connectivity index (χ3v) is 3.79. The lowest BCUT2D eigenvalue weighted by molar-refractivity contribution is 0.422. The first kappa shape index (κ1) is 14.3. The molecule has 1 fully saturated rings. The van der Waals surface area contributed by atoms with Crippen molar-refractivity contribution in [2.24, 2.45) is 0 Å². The van der Waals surface area contributed by atoms with Crippen molar-refractivity contribution < 1.29 is 0 Å². The van der Waals surface area contributed by atoms with Crippen LogP contribution >= 0.6 is 0 Å². The van der Waals surface area contributed by atoms with Crippen LogP contribution in [0.25, 0.3) is 0 Å². The number of nitrogens with one attached hydrogen (secondary N) is 4. The van der Waals surface area contributed by atoms with Crippen molar-refractivity contribution in [1.29, 1.82) is 0 Å². The summed E-state index contributed by atoms with van der Waals surface area (Å²) in [4.78, 5) is 35.9. The Morgan fingerprint density at radius 1 is 0.864 bits per heavy atom. The first-order valence-corrected chi connectivity index (χ1v) is 7.33. The average Bonchev–Trinajstić information content (AvgIpc) is 2.49. The van der Waals surface area contributed by atoms with Crippen LogP contribution in [0, 0.1) is 0 Å². The van der Waals surface area contributed by atoms with Crippen molar-refractivity contribution in [3.63, 3.8) is 0 Å². The van der Waals surface area contributed by atoms with Crippen molar-refractivity contribution in [2.45, 2.75) is 37.8 Å². The van der Waals surface area contributed by atoms with Gasteiger partial charge >= 0.3 is 0 Å². The summed E-state index contributed by atoms with van der Waals surface area (Å²) in [6, 6.07) is 3.14. The van der Waals surface area contributed by atoms with E-state index >= 15 is 0 Å². The lowest BCUT2D eigenvalue weighted by atomic mass is 9.90. The molecule has 0 bridgehead atoms. The number of H-pyrrole nitrogens is 2. The molecule has 2 atom stereocenters. The number of rotatable bonds is 4. The lowest BCUT2D eigenvalue weighted by Crippen LogP contribution is -2.42. The van der Waals surface area contributed by atoms with Crippen LogP contribution in [-0.2, 0) is 0 Å². The molecule has 0 aliphatic heterocycles. The van der Waals surface area contributed by atoms with Crippen molar-refractivity contribution in [3.8, 4) is 0 Å². The van der Waals surface area contributed by atoms with E-state index in [-0.39, 0.29) is 23.2 Å². The summed E-state index contributed by atoms with van der Waals surface area (Å²) in [6.45, 7) is 0. The molecule has 0 amide bonds. The SMILES string of the molecule is O=c1cc(NC2CCCCC2Nc2cc(=O)[nH]cn2)nc[nH]1. The largest absolute Gasteiger partial charge is 0.365 e. The van der Waals surface area contributed by atoms with Crippen molar-refractivity contribution in [2.75, 3.05) is 10.6 Å². The minimum Gasteiger partial charge on any atom is -0.365 e. The van der Waals surface area contributed by atoms with E-state index in [1.165, 1.54) is 24.8 Å². The van der Waals surface area contributed by atoms with Crippen LogP contribution in [0.5, 0.6) is 0 Å². The van der Waals surface area contributed by atoms with Crippen molar-refractivity contribution in [3.05, 3.63) is 45.5 Å². The van der Waals surface area contributed by atoms with E-state index in [2.05, 4.69) is 30.6 Å². The molecule has 116 valence electrons. The molecule has 0 saturated heterocycles. The number of hydrogen-bond acceptors (Lipinski definition) is 6. The summed E-state index contributed by atoms with van der Waals surface area (Å²) in [5, 5.41) is 6.60. The van der Waals surface area contributed by atoms with Gasteiger partial charge in [-0.3, -0.25) is 9.59 Å². The van der Waals surface area contributed by atoms with Gasteiger partial charge in [0.2, 0.25) is 0 Å². The molecule has 8 heteroatoms. The first-order chi connectivity index (χ1) is 10.7. The van der Waals surface area contributed by atoms with Gasteiger partial charge in [0.15, 0.2) is 0 Å². The number of nitrogens with zero attached hydrogens (tertiary/aromatic N) is 2. The predicted octanol–water partition coefficient (Wildman–Crippen LogP) is 0.688. The molecule has 1 saturated carbocycles. The van der Waals surface area contributed by atoms with Crippen LogP contribution in [0.4, 0.5) is 11.6 Å². The maximum absolute atomic E-state index is 11.3. The zero-order valence-electron chi connectivity index (χ0n) is 12.0. The maximum Gasteiger partial charge on any atom is 0.252 e. The average molecular weight is 302 g/mol. The second-order valence-electron chi connectivity index (χ2n) is 5.38. The standard InChI is InChI=1S/C14H18N6O2/c21-13-5-11(15-7-17-13)19-9-3-1-2-4-10(9)20-12-6-14(22)18-8-16-12/h5-10H,1-4H2,(H2,15,17,19,21)(H2,16,18,20,22). The normalized spacial score (nSPS) is 21.3. The Kier molecular flexibility index (Phi) is 4.17. The van der Waals surface area contributed by atoms with Crippen LogP contribution in [0.2, 0.25) is 0 Å². The fourth-order valence-corrected chi connectivity index (χ4v) is 2.75.